The molecule has 0 spiro atoms. The van der Waals surface area contributed by atoms with Crippen LogP contribution in [0.5, 0.6) is 5.75 Å². The van der Waals surface area contributed by atoms with Crippen molar-refractivity contribution < 1.29 is 5.11 Å². The highest BCUT2D eigenvalue weighted by molar-refractivity contribution is 7.98. The molecule has 0 amide bonds. The molecule has 0 aromatic heterocycles. The van der Waals surface area contributed by atoms with Crippen molar-refractivity contribution in [1.29, 1.82) is 5.26 Å². The maximum Gasteiger partial charge on any atom is 0.115 e. The number of benzene rings is 1. The molecule has 14 heavy (non-hydrogen) atoms. The minimum absolute atomic E-state index is 0.186. The second-order valence-electron chi connectivity index (χ2n) is 2.89. The number of phenols is 1. The van der Waals surface area contributed by atoms with Gasteiger partial charge in [-0.05, 0) is 30.0 Å². The van der Waals surface area contributed by atoms with Crippen molar-refractivity contribution in [3.8, 4) is 11.8 Å². The van der Waals surface area contributed by atoms with Crippen LogP contribution in [0.4, 0.5) is 0 Å². The van der Waals surface area contributed by atoms with E-state index in [4.69, 9.17) is 11.0 Å². The van der Waals surface area contributed by atoms with Crippen LogP contribution in [0.3, 0.4) is 0 Å². The van der Waals surface area contributed by atoms with Crippen LogP contribution in [0.25, 0.3) is 0 Å². The standard InChI is InChI=1S/C10H12N2OS/c1-14-10-3-2-7(13)6-8(10)9(12)4-5-11/h2-3,6,9,13H,4,12H2,1H3. The number of nitriles is 1. The van der Waals surface area contributed by atoms with Crippen LogP contribution in [-0.2, 0) is 0 Å². The lowest BCUT2D eigenvalue weighted by molar-refractivity contribution is 0.473. The molecule has 74 valence electrons. The van der Waals surface area contributed by atoms with E-state index >= 15 is 0 Å². The predicted molar refractivity (Wildman–Crippen MR) is 57.0 cm³/mol. The largest absolute Gasteiger partial charge is 0.508 e. The lowest BCUT2D eigenvalue weighted by Gasteiger charge is -2.12. The average molecular weight is 208 g/mol. The first-order valence-corrected chi connectivity index (χ1v) is 5.41. The van der Waals surface area contributed by atoms with Gasteiger partial charge in [0.05, 0.1) is 12.5 Å². The third-order valence-electron chi connectivity index (χ3n) is 1.92. The fraction of sp³-hybridized carbons (Fsp3) is 0.300. The molecule has 1 atom stereocenters. The Hall–Kier alpha value is -1.18. The van der Waals surface area contributed by atoms with E-state index in [1.165, 1.54) is 0 Å². The zero-order valence-electron chi connectivity index (χ0n) is 7.90. The van der Waals surface area contributed by atoms with E-state index < -0.39 is 0 Å². The van der Waals surface area contributed by atoms with Crippen LogP contribution < -0.4 is 5.73 Å². The summed E-state index contributed by atoms with van der Waals surface area (Å²) in [6, 6.07) is 6.75. The van der Waals surface area contributed by atoms with E-state index in [1.807, 2.05) is 18.4 Å². The summed E-state index contributed by atoms with van der Waals surface area (Å²) in [7, 11) is 0. The highest BCUT2D eigenvalue weighted by atomic mass is 32.2. The number of thioether (sulfide) groups is 1. The number of hydrogen-bond donors (Lipinski definition) is 2. The van der Waals surface area contributed by atoms with Crippen LogP contribution >= 0.6 is 11.8 Å². The van der Waals surface area contributed by atoms with Gasteiger partial charge in [0.15, 0.2) is 0 Å². The van der Waals surface area contributed by atoms with Gasteiger partial charge in [-0.3, -0.25) is 0 Å². The number of hydrogen-bond acceptors (Lipinski definition) is 4. The SMILES string of the molecule is CSc1ccc(O)cc1C(N)CC#N. The maximum atomic E-state index is 9.30. The summed E-state index contributed by atoms with van der Waals surface area (Å²) in [4.78, 5) is 1.01. The Bertz CT molecular complexity index is 360. The number of nitrogens with zero attached hydrogens (tertiary/aromatic N) is 1. The van der Waals surface area contributed by atoms with Gasteiger partial charge in [-0.25, -0.2) is 0 Å². The van der Waals surface area contributed by atoms with Crippen molar-refractivity contribution in [2.75, 3.05) is 6.26 Å². The quantitative estimate of drug-likeness (QED) is 0.746. The Kier molecular flexibility index (Phi) is 3.81. The Morgan fingerprint density at radius 3 is 2.93 bits per heavy atom. The fourth-order valence-electron chi connectivity index (χ4n) is 1.22. The summed E-state index contributed by atoms with van der Waals surface area (Å²) in [6.07, 6.45) is 2.20. The second-order valence-corrected chi connectivity index (χ2v) is 3.74. The van der Waals surface area contributed by atoms with Crippen LogP contribution in [0, 0.1) is 11.3 Å². The van der Waals surface area contributed by atoms with Crippen molar-refractivity contribution in [1.82, 2.24) is 0 Å². The number of rotatable bonds is 3. The molecule has 0 aliphatic carbocycles. The van der Waals surface area contributed by atoms with E-state index in [9.17, 15) is 5.11 Å². The zero-order valence-corrected chi connectivity index (χ0v) is 8.71. The van der Waals surface area contributed by atoms with Gasteiger partial charge in [0.25, 0.3) is 0 Å². The topological polar surface area (TPSA) is 70.0 Å². The van der Waals surface area contributed by atoms with Crippen molar-refractivity contribution in [3.05, 3.63) is 23.8 Å². The van der Waals surface area contributed by atoms with Crippen LogP contribution in [0.2, 0.25) is 0 Å². The fourth-order valence-corrected chi connectivity index (χ4v) is 1.87. The van der Waals surface area contributed by atoms with Crippen LogP contribution in [0.1, 0.15) is 18.0 Å². The number of phenolic OH excluding ortho intramolecular Hbond substituents is 1. The molecule has 0 aliphatic rings. The molecular formula is C10H12N2OS. The Morgan fingerprint density at radius 1 is 1.64 bits per heavy atom. The Morgan fingerprint density at radius 2 is 2.36 bits per heavy atom. The molecule has 0 fully saturated rings. The lowest BCUT2D eigenvalue weighted by atomic mass is 10.1. The maximum absolute atomic E-state index is 9.30. The number of aromatic hydroxyl groups is 1. The van der Waals surface area contributed by atoms with Crippen molar-refractivity contribution >= 4 is 11.8 Å². The van der Waals surface area contributed by atoms with E-state index in [2.05, 4.69) is 0 Å². The molecular weight excluding hydrogens is 196 g/mol. The molecule has 0 saturated heterocycles. The highest BCUT2D eigenvalue weighted by Crippen LogP contribution is 2.29. The zero-order chi connectivity index (χ0) is 10.6. The summed E-state index contributed by atoms with van der Waals surface area (Å²) in [5.41, 5.74) is 6.64. The first-order valence-electron chi connectivity index (χ1n) is 4.18. The van der Waals surface area contributed by atoms with Gasteiger partial charge < -0.3 is 10.8 Å². The van der Waals surface area contributed by atoms with Gasteiger partial charge in [0, 0.05) is 10.9 Å². The monoisotopic (exact) mass is 208 g/mol. The minimum Gasteiger partial charge on any atom is -0.508 e. The lowest BCUT2D eigenvalue weighted by Crippen LogP contribution is -2.10. The molecule has 4 heteroatoms. The summed E-state index contributed by atoms with van der Waals surface area (Å²) in [6.45, 7) is 0. The predicted octanol–water partition coefficient (Wildman–Crippen LogP) is 2.03. The van der Waals surface area contributed by atoms with Crippen molar-refractivity contribution in [3.63, 3.8) is 0 Å². The Balaban J connectivity index is 3.04. The Labute approximate surface area is 87.5 Å². The van der Waals surface area contributed by atoms with Gasteiger partial charge in [-0.2, -0.15) is 5.26 Å². The second kappa shape index (κ2) is 4.89. The van der Waals surface area contributed by atoms with Gasteiger partial charge in [-0.1, -0.05) is 0 Å². The van der Waals surface area contributed by atoms with Gasteiger partial charge in [0.1, 0.15) is 5.75 Å². The molecule has 0 bridgehead atoms. The van der Waals surface area contributed by atoms with E-state index in [0.717, 1.165) is 10.5 Å². The molecule has 0 radical (unpaired) electrons. The molecule has 0 saturated carbocycles. The first kappa shape index (κ1) is 10.9. The van der Waals surface area contributed by atoms with E-state index in [0.29, 0.717) is 0 Å². The van der Waals surface area contributed by atoms with Crippen LogP contribution in [0.15, 0.2) is 23.1 Å². The first-order chi connectivity index (χ1) is 6.69. The normalized spacial score (nSPS) is 12.1. The summed E-state index contributed by atoms with van der Waals surface area (Å²) >= 11 is 1.56. The molecule has 3 N–H and O–H groups in total. The van der Waals surface area contributed by atoms with E-state index in [-0.39, 0.29) is 18.2 Å². The molecule has 1 rings (SSSR count). The molecule has 1 aromatic rings. The smallest absolute Gasteiger partial charge is 0.115 e. The minimum atomic E-state index is -0.324. The summed E-state index contributed by atoms with van der Waals surface area (Å²) in [5, 5.41) is 17.8. The van der Waals surface area contributed by atoms with Crippen LogP contribution in [-0.4, -0.2) is 11.4 Å². The van der Waals surface area contributed by atoms with E-state index in [1.54, 1.807) is 23.9 Å². The molecule has 1 unspecified atom stereocenters. The molecule has 0 heterocycles. The third-order valence-corrected chi connectivity index (χ3v) is 2.74. The summed E-state index contributed by atoms with van der Waals surface area (Å²) in [5.74, 6) is 0.186. The van der Waals surface area contributed by atoms with Gasteiger partial charge >= 0.3 is 0 Å². The average Bonchev–Trinajstić information content (AvgIpc) is 2.18. The number of nitrogens with two attached hydrogens (primary N) is 1. The highest BCUT2D eigenvalue weighted by Gasteiger charge is 2.10. The third kappa shape index (κ3) is 2.41. The van der Waals surface area contributed by atoms with Gasteiger partial charge in [-0.15, -0.1) is 11.8 Å². The summed E-state index contributed by atoms with van der Waals surface area (Å²) < 4.78 is 0. The molecule has 1 aromatic carbocycles. The van der Waals surface area contributed by atoms with Gasteiger partial charge in [0.2, 0.25) is 0 Å². The van der Waals surface area contributed by atoms with Crippen molar-refractivity contribution in [2.45, 2.75) is 17.4 Å². The van der Waals surface area contributed by atoms with Crippen molar-refractivity contribution in [2.24, 2.45) is 5.73 Å². The molecule has 0 aliphatic heterocycles. The molecule has 3 nitrogen and oxygen atoms in total.